The lowest BCUT2D eigenvalue weighted by Crippen LogP contribution is -1.92. The molecule has 2 aromatic rings. The third-order valence-electron chi connectivity index (χ3n) is 2.65. The summed E-state index contributed by atoms with van der Waals surface area (Å²) in [5, 5.41) is 8.82. The fourth-order valence-electron chi connectivity index (χ4n) is 1.83. The van der Waals surface area contributed by atoms with Crippen LogP contribution in [0.4, 0.5) is 0 Å². The fourth-order valence-corrected chi connectivity index (χ4v) is 1.83. The van der Waals surface area contributed by atoms with Gasteiger partial charge in [-0.25, -0.2) is 0 Å². The van der Waals surface area contributed by atoms with Gasteiger partial charge in [0.15, 0.2) is 0 Å². The molecule has 0 aliphatic heterocycles. The average molecular weight is 232 g/mol. The zero-order valence-corrected chi connectivity index (χ0v) is 9.85. The fraction of sp³-hybridized carbons (Fsp3) is 0.286. The number of para-hydroxylation sites is 1. The molecule has 17 heavy (non-hydrogen) atoms. The highest BCUT2D eigenvalue weighted by atomic mass is 16.5. The Morgan fingerprint density at radius 1 is 1.29 bits per heavy atom. The van der Waals surface area contributed by atoms with Gasteiger partial charge in [-0.1, -0.05) is 18.2 Å². The molecule has 0 saturated carbocycles. The summed E-state index contributed by atoms with van der Waals surface area (Å²) in [5.41, 5.74) is 2.23. The molecule has 0 aliphatic rings. The van der Waals surface area contributed by atoms with Crippen molar-refractivity contribution in [1.29, 1.82) is 0 Å². The molecule has 0 amide bonds. The minimum Gasteiger partial charge on any atom is -0.496 e. The van der Waals surface area contributed by atoms with Crippen LogP contribution in [0, 0.1) is 0 Å². The maximum absolute atomic E-state index is 8.82. The monoisotopic (exact) mass is 232 g/mol. The minimum absolute atomic E-state index is 0.113. The van der Waals surface area contributed by atoms with E-state index in [2.05, 4.69) is 0 Å². The van der Waals surface area contributed by atoms with E-state index in [4.69, 9.17) is 14.3 Å². The summed E-state index contributed by atoms with van der Waals surface area (Å²) in [5.74, 6) is 1.70. The summed E-state index contributed by atoms with van der Waals surface area (Å²) in [6.07, 6.45) is 3.07. The number of methoxy groups -OCH3 is 1. The normalized spacial score (nSPS) is 10.5. The Hall–Kier alpha value is -1.74. The van der Waals surface area contributed by atoms with Crippen molar-refractivity contribution in [2.24, 2.45) is 0 Å². The van der Waals surface area contributed by atoms with Gasteiger partial charge in [0, 0.05) is 12.8 Å². The van der Waals surface area contributed by atoms with E-state index in [1.807, 2.05) is 30.3 Å². The lowest BCUT2D eigenvalue weighted by Gasteiger charge is -2.06. The van der Waals surface area contributed by atoms with Crippen molar-refractivity contribution < 1.29 is 14.3 Å². The molecular weight excluding hydrogens is 216 g/mol. The third-order valence-corrected chi connectivity index (χ3v) is 2.65. The molecule has 0 unspecified atom stereocenters. The molecule has 0 atom stereocenters. The first-order valence-electron chi connectivity index (χ1n) is 5.62. The predicted octanol–water partition coefficient (Wildman–Crippen LogP) is 2.41. The topological polar surface area (TPSA) is 42.6 Å². The molecule has 0 saturated heterocycles. The van der Waals surface area contributed by atoms with Crippen LogP contribution in [0.3, 0.4) is 0 Å². The molecular formula is C14H16O3. The van der Waals surface area contributed by atoms with Crippen LogP contribution in [0.2, 0.25) is 0 Å². The van der Waals surface area contributed by atoms with Gasteiger partial charge in [0.2, 0.25) is 0 Å². The number of benzene rings is 1. The van der Waals surface area contributed by atoms with Crippen molar-refractivity contribution in [1.82, 2.24) is 0 Å². The van der Waals surface area contributed by atoms with Crippen molar-refractivity contribution in [3.8, 4) is 5.75 Å². The minimum atomic E-state index is 0.113. The van der Waals surface area contributed by atoms with Gasteiger partial charge in [0.25, 0.3) is 0 Å². The third kappa shape index (κ3) is 2.88. The number of ether oxygens (including phenoxy) is 1. The van der Waals surface area contributed by atoms with Crippen molar-refractivity contribution >= 4 is 0 Å². The van der Waals surface area contributed by atoms with Gasteiger partial charge in [-0.3, -0.25) is 0 Å². The Morgan fingerprint density at radius 2 is 2.12 bits per heavy atom. The zero-order valence-electron chi connectivity index (χ0n) is 9.85. The zero-order chi connectivity index (χ0) is 12.1. The molecule has 0 bridgehead atoms. The predicted molar refractivity (Wildman–Crippen MR) is 65.3 cm³/mol. The summed E-state index contributed by atoms with van der Waals surface area (Å²) in [6.45, 7) is 0.113. The van der Waals surface area contributed by atoms with Crippen LogP contribution >= 0.6 is 0 Å². The van der Waals surface area contributed by atoms with Gasteiger partial charge < -0.3 is 14.3 Å². The molecule has 3 nitrogen and oxygen atoms in total. The standard InChI is InChI=1S/C14H16O3/c1-16-14-5-3-2-4-12(14)8-11-9-13(6-7-15)17-10-11/h2-5,9-10,15H,6-8H2,1H3. The van der Waals surface area contributed by atoms with Gasteiger partial charge in [0.05, 0.1) is 20.0 Å². The van der Waals surface area contributed by atoms with Gasteiger partial charge >= 0.3 is 0 Å². The van der Waals surface area contributed by atoms with E-state index in [1.54, 1.807) is 13.4 Å². The second-order valence-corrected chi connectivity index (χ2v) is 3.88. The second kappa shape index (κ2) is 5.55. The van der Waals surface area contributed by atoms with E-state index in [1.165, 1.54) is 0 Å². The van der Waals surface area contributed by atoms with Crippen molar-refractivity contribution in [2.75, 3.05) is 13.7 Å². The lowest BCUT2D eigenvalue weighted by atomic mass is 10.1. The second-order valence-electron chi connectivity index (χ2n) is 3.88. The molecule has 0 spiro atoms. The maximum atomic E-state index is 8.82. The lowest BCUT2D eigenvalue weighted by molar-refractivity contribution is 0.288. The van der Waals surface area contributed by atoms with Crippen molar-refractivity contribution in [3.63, 3.8) is 0 Å². The number of furan rings is 1. The number of hydrogen-bond acceptors (Lipinski definition) is 3. The first kappa shape index (κ1) is 11.7. The number of rotatable bonds is 5. The Labute approximate surface area is 101 Å². The molecule has 0 aliphatic carbocycles. The molecule has 1 N–H and O–H groups in total. The van der Waals surface area contributed by atoms with Gasteiger partial charge in [0.1, 0.15) is 11.5 Å². The van der Waals surface area contributed by atoms with Crippen LogP contribution in [0.5, 0.6) is 5.75 Å². The van der Waals surface area contributed by atoms with Crippen LogP contribution in [-0.2, 0) is 12.8 Å². The number of hydrogen-bond donors (Lipinski definition) is 1. The van der Waals surface area contributed by atoms with E-state index >= 15 is 0 Å². The molecule has 2 rings (SSSR count). The molecule has 1 aromatic heterocycles. The highest BCUT2D eigenvalue weighted by Gasteiger charge is 2.06. The summed E-state index contributed by atoms with van der Waals surface area (Å²) < 4.78 is 10.7. The smallest absolute Gasteiger partial charge is 0.122 e. The summed E-state index contributed by atoms with van der Waals surface area (Å²) in [6, 6.07) is 9.91. The van der Waals surface area contributed by atoms with Gasteiger partial charge in [-0.2, -0.15) is 0 Å². The van der Waals surface area contributed by atoms with E-state index < -0.39 is 0 Å². The average Bonchev–Trinajstić information content (AvgIpc) is 2.78. The molecule has 90 valence electrons. The SMILES string of the molecule is COc1ccccc1Cc1coc(CCO)c1. The van der Waals surface area contributed by atoms with Crippen molar-refractivity contribution in [2.45, 2.75) is 12.8 Å². The van der Waals surface area contributed by atoms with E-state index in [0.29, 0.717) is 6.42 Å². The van der Waals surface area contributed by atoms with Crippen LogP contribution in [-0.4, -0.2) is 18.8 Å². The first-order valence-corrected chi connectivity index (χ1v) is 5.62. The molecule has 0 radical (unpaired) electrons. The van der Waals surface area contributed by atoms with Gasteiger partial charge in [-0.15, -0.1) is 0 Å². The van der Waals surface area contributed by atoms with Crippen LogP contribution in [0.1, 0.15) is 16.9 Å². The van der Waals surface area contributed by atoms with E-state index in [9.17, 15) is 0 Å². The van der Waals surface area contributed by atoms with Crippen LogP contribution in [0.15, 0.2) is 41.0 Å². The Kier molecular flexibility index (Phi) is 3.83. The summed E-state index contributed by atoms with van der Waals surface area (Å²) >= 11 is 0. The number of aliphatic hydroxyl groups excluding tert-OH is 1. The summed E-state index contributed by atoms with van der Waals surface area (Å²) in [7, 11) is 1.67. The molecule has 1 heterocycles. The number of aliphatic hydroxyl groups is 1. The highest BCUT2D eigenvalue weighted by molar-refractivity contribution is 5.37. The summed E-state index contributed by atoms with van der Waals surface area (Å²) in [4.78, 5) is 0. The van der Waals surface area contributed by atoms with Crippen LogP contribution in [0.25, 0.3) is 0 Å². The van der Waals surface area contributed by atoms with Crippen molar-refractivity contribution in [3.05, 3.63) is 53.5 Å². The van der Waals surface area contributed by atoms with E-state index in [-0.39, 0.29) is 6.61 Å². The van der Waals surface area contributed by atoms with Gasteiger partial charge in [-0.05, 0) is 23.3 Å². The Balaban J connectivity index is 2.13. The maximum Gasteiger partial charge on any atom is 0.122 e. The van der Waals surface area contributed by atoms with E-state index in [0.717, 1.165) is 29.1 Å². The molecule has 0 fully saturated rings. The largest absolute Gasteiger partial charge is 0.496 e. The Morgan fingerprint density at radius 3 is 2.88 bits per heavy atom. The molecule has 3 heteroatoms. The quantitative estimate of drug-likeness (QED) is 0.860. The molecule has 1 aromatic carbocycles. The highest BCUT2D eigenvalue weighted by Crippen LogP contribution is 2.22. The first-order chi connectivity index (χ1) is 8.33. The Bertz CT molecular complexity index is 474. The van der Waals surface area contributed by atoms with Crippen LogP contribution < -0.4 is 4.74 Å².